The maximum atomic E-state index is 10.2. The van der Waals surface area contributed by atoms with Gasteiger partial charge in [0.25, 0.3) is 0 Å². The number of rotatable bonds is 6. The van der Waals surface area contributed by atoms with Crippen molar-refractivity contribution in [3.63, 3.8) is 0 Å². The summed E-state index contributed by atoms with van der Waals surface area (Å²) in [7, 11) is -1.51. The normalized spacial score (nSPS) is 38.3. The second-order valence-electron chi connectivity index (χ2n) is 7.83. The average Bonchev–Trinajstić information content (AvgIpc) is 2.83. The maximum Gasteiger partial charge on any atom is 0.192 e. The third-order valence-corrected chi connectivity index (χ3v) is 11.7. The smallest absolute Gasteiger partial charge is 0.192 e. The lowest BCUT2D eigenvalue weighted by Gasteiger charge is -2.48. The van der Waals surface area contributed by atoms with Crippen molar-refractivity contribution in [3.05, 3.63) is 0 Å². The van der Waals surface area contributed by atoms with Crippen LogP contribution in [0, 0.1) is 17.3 Å². The predicted molar refractivity (Wildman–Crippen MR) is 91.9 cm³/mol. The molecular weight excluding hydrogens is 276 g/mol. The van der Waals surface area contributed by atoms with E-state index in [0.29, 0.717) is 23.4 Å². The molecule has 1 N–H and O–H groups in total. The molecule has 0 radical (unpaired) electrons. The number of hydrogen-bond acceptors (Lipinski definition) is 2. The van der Waals surface area contributed by atoms with Crippen LogP contribution in [-0.4, -0.2) is 25.6 Å². The molecule has 0 unspecified atom stereocenters. The van der Waals surface area contributed by atoms with Gasteiger partial charge in [0.05, 0.1) is 6.10 Å². The lowest BCUT2D eigenvalue weighted by Crippen LogP contribution is -2.49. The fourth-order valence-corrected chi connectivity index (χ4v) is 8.34. The van der Waals surface area contributed by atoms with Crippen LogP contribution in [0.25, 0.3) is 0 Å². The molecule has 0 saturated heterocycles. The van der Waals surface area contributed by atoms with E-state index in [9.17, 15) is 5.11 Å². The topological polar surface area (TPSA) is 29.5 Å². The van der Waals surface area contributed by atoms with Crippen molar-refractivity contribution in [1.29, 1.82) is 0 Å². The number of hydrogen-bond donors (Lipinski definition) is 1. The largest absolute Gasteiger partial charge is 0.414 e. The predicted octanol–water partition coefficient (Wildman–Crippen LogP) is 4.97. The van der Waals surface area contributed by atoms with Gasteiger partial charge in [0.15, 0.2) is 8.32 Å². The van der Waals surface area contributed by atoms with E-state index in [1.54, 1.807) is 0 Å². The van der Waals surface area contributed by atoms with Crippen LogP contribution in [-0.2, 0) is 4.43 Å². The van der Waals surface area contributed by atoms with Gasteiger partial charge in [0, 0.05) is 6.10 Å². The molecule has 2 rings (SSSR count). The zero-order chi connectivity index (χ0) is 15.7. The van der Waals surface area contributed by atoms with Crippen molar-refractivity contribution in [1.82, 2.24) is 0 Å². The first-order chi connectivity index (χ1) is 9.92. The van der Waals surface area contributed by atoms with E-state index < -0.39 is 8.32 Å². The van der Waals surface area contributed by atoms with Gasteiger partial charge in [-0.2, -0.15) is 0 Å². The Morgan fingerprint density at radius 1 is 1.14 bits per heavy atom. The van der Waals surface area contributed by atoms with Crippen molar-refractivity contribution in [2.75, 3.05) is 0 Å². The Morgan fingerprint density at radius 2 is 1.76 bits per heavy atom. The third-order valence-electron chi connectivity index (χ3n) is 7.05. The monoisotopic (exact) mass is 312 g/mol. The average molecular weight is 313 g/mol. The summed E-state index contributed by atoms with van der Waals surface area (Å²) in [6, 6.07) is 3.75. The van der Waals surface area contributed by atoms with Gasteiger partial charge in [-0.25, -0.2) is 0 Å². The molecule has 0 spiro atoms. The Balaban J connectivity index is 2.16. The van der Waals surface area contributed by atoms with Crippen LogP contribution >= 0.6 is 0 Å². The summed E-state index contributed by atoms with van der Waals surface area (Å²) in [6.45, 7) is 11.4. The summed E-state index contributed by atoms with van der Waals surface area (Å²) in [5.74, 6) is 1.16. The van der Waals surface area contributed by atoms with E-state index in [1.165, 1.54) is 50.2 Å². The Hall–Kier alpha value is 0.137. The van der Waals surface area contributed by atoms with Crippen LogP contribution in [0.4, 0.5) is 0 Å². The minimum Gasteiger partial charge on any atom is -0.414 e. The molecule has 0 aromatic carbocycles. The minimum atomic E-state index is -1.51. The second kappa shape index (κ2) is 6.72. The molecule has 3 heteroatoms. The highest BCUT2D eigenvalue weighted by Gasteiger charge is 2.53. The van der Waals surface area contributed by atoms with E-state index in [-0.39, 0.29) is 6.10 Å². The second-order valence-corrected chi connectivity index (χ2v) is 12.6. The van der Waals surface area contributed by atoms with E-state index in [1.807, 2.05) is 6.92 Å². The highest BCUT2D eigenvalue weighted by atomic mass is 28.4. The first-order valence-electron chi connectivity index (χ1n) is 9.28. The molecule has 0 aliphatic heterocycles. The summed E-state index contributed by atoms with van der Waals surface area (Å²) in [5, 5.41) is 10.2. The van der Waals surface area contributed by atoms with Crippen LogP contribution in [0.3, 0.4) is 0 Å². The minimum absolute atomic E-state index is 0.163. The van der Waals surface area contributed by atoms with Gasteiger partial charge in [-0.1, -0.05) is 34.1 Å². The molecular formula is C18H36O2Si. The number of fused-ring (bicyclic) bond motifs is 1. The summed E-state index contributed by atoms with van der Waals surface area (Å²) in [6.07, 6.45) is 6.58. The molecule has 0 aromatic rings. The van der Waals surface area contributed by atoms with E-state index in [0.717, 1.165) is 0 Å². The molecule has 21 heavy (non-hydrogen) atoms. The molecule has 2 fully saturated rings. The molecule has 0 bridgehead atoms. The number of aliphatic hydroxyl groups excluding tert-OH is 1. The fourth-order valence-electron chi connectivity index (χ4n) is 5.41. The quantitative estimate of drug-likeness (QED) is 0.701. The third kappa shape index (κ3) is 3.11. The van der Waals surface area contributed by atoms with Crippen LogP contribution in [0.5, 0.6) is 0 Å². The fraction of sp³-hybridized carbons (Fsp3) is 1.00. The molecule has 5 atom stereocenters. The van der Waals surface area contributed by atoms with Crippen molar-refractivity contribution in [3.8, 4) is 0 Å². The van der Waals surface area contributed by atoms with Crippen molar-refractivity contribution >= 4 is 8.32 Å². The van der Waals surface area contributed by atoms with E-state index in [4.69, 9.17) is 4.43 Å². The van der Waals surface area contributed by atoms with Crippen molar-refractivity contribution < 1.29 is 9.53 Å². The molecule has 0 amide bonds. The van der Waals surface area contributed by atoms with Crippen LogP contribution in [0.15, 0.2) is 0 Å². The van der Waals surface area contributed by atoms with Crippen molar-refractivity contribution in [2.24, 2.45) is 17.3 Å². The van der Waals surface area contributed by atoms with Crippen LogP contribution in [0.1, 0.15) is 66.7 Å². The molecule has 2 saturated carbocycles. The van der Waals surface area contributed by atoms with Gasteiger partial charge < -0.3 is 9.53 Å². The van der Waals surface area contributed by atoms with Gasteiger partial charge in [-0.05, 0) is 68.0 Å². The molecule has 2 nitrogen and oxygen atoms in total. The zero-order valence-corrected chi connectivity index (χ0v) is 15.8. The summed E-state index contributed by atoms with van der Waals surface area (Å²) >= 11 is 0. The van der Waals surface area contributed by atoms with E-state index in [2.05, 4.69) is 27.7 Å². The van der Waals surface area contributed by atoms with Gasteiger partial charge in [0.1, 0.15) is 0 Å². The first-order valence-corrected chi connectivity index (χ1v) is 11.8. The van der Waals surface area contributed by atoms with Crippen LogP contribution in [0.2, 0.25) is 18.1 Å². The van der Waals surface area contributed by atoms with Crippen molar-refractivity contribution in [2.45, 2.75) is 97.1 Å². The van der Waals surface area contributed by atoms with Gasteiger partial charge in [-0.15, -0.1) is 0 Å². The Labute approximate surface area is 132 Å². The van der Waals surface area contributed by atoms with E-state index >= 15 is 0 Å². The maximum absolute atomic E-state index is 10.2. The zero-order valence-electron chi connectivity index (χ0n) is 14.8. The highest BCUT2D eigenvalue weighted by Crippen LogP contribution is 2.57. The van der Waals surface area contributed by atoms with Crippen LogP contribution < -0.4 is 0 Å². The molecule has 0 aromatic heterocycles. The van der Waals surface area contributed by atoms with Gasteiger partial charge in [-0.3, -0.25) is 0 Å². The Kier molecular flexibility index (Phi) is 5.59. The number of aliphatic hydroxyl groups is 1. The highest BCUT2D eigenvalue weighted by molar-refractivity contribution is 6.73. The Bertz CT molecular complexity index is 332. The molecule has 2 aliphatic carbocycles. The van der Waals surface area contributed by atoms with Gasteiger partial charge >= 0.3 is 0 Å². The first kappa shape index (κ1) is 17.5. The lowest BCUT2D eigenvalue weighted by molar-refractivity contribution is -0.0377. The van der Waals surface area contributed by atoms with Gasteiger partial charge in [0.2, 0.25) is 0 Å². The molecule has 0 heterocycles. The Morgan fingerprint density at radius 3 is 2.29 bits per heavy atom. The summed E-state index contributed by atoms with van der Waals surface area (Å²) in [4.78, 5) is 0. The summed E-state index contributed by atoms with van der Waals surface area (Å²) < 4.78 is 6.89. The molecule has 2 aliphatic rings. The SMILES string of the molecule is CC[Si](CC)(CC)O[C@H]1CCC[C@]2(C)[C@@H]([C@H](C)O)CC[C@@H]12. The molecule has 124 valence electrons. The lowest BCUT2D eigenvalue weighted by atomic mass is 9.63. The summed E-state index contributed by atoms with van der Waals surface area (Å²) in [5.41, 5.74) is 0.312. The standard InChI is InChI=1S/C18H36O2Si/c1-6-21(7-2,8-3)20-17-10-9-13-18(5)15(14(4)19)11-12-16(17)18/h14-17,19H,6-13H2,1-5H3/t14-,15+,16-,17-,18+/m0/s1.